The van der Waals surface area contributed by atoms with Crippen molar-refractivity contribution in [1.29, 1.82) is 5.26 Å². The Morgan fingerprint density at radius 1 is 1.30 bits per heavy atom. The van der Waals surface area contributed by atoms with Crippen molar-refractivity contribution in [2.24, 2.45) is 5.41 Å². The molecular formula is C17H20N2O. The van der Waals surface area contributed by atoms with Crippen molar-refractivity contribution < 1.29 is 4.79 Å². The quantitative estimate of drug-likeness (QED) is 0.846. The average molecular weight is 268 g/mol. The number of carbonyl (C=O) groups excluding carboxylic acids is 1. The van der Waals surface area contributed by atoms with Gasteiger partial charge in [0.2, 0.25) is 5.91 Å². The summed E-state index contributed by atoms with van der Waals surface area (Å²) in [4.78, 5) is 14.1. The zero-order valence-electron chi connectivity index (χ0n) is 12.0. The molecule has 0 atom stereocenters. The van der Waals surface area contributed by atoms with Crippen LogP contribution in [0.4, 0.5) is 0 Å². The number of nitrogens with zero attached hydrogens (tertiary/aromatic N) is 2. The summed E-state index contributed by atoms with van der Waals surface area (Å²) in [7, 11) is 1.81. The number of aryl methyl sites for hydroxylation is 2. The third-order valence-electron chi connectivity index (χ3n) is 4.76. The van der Waals surface area contributed by atoms with Crippen LogP contribution in [0.15, 0.2) is 18.2 Å². The first-order valence-electron chi connectivity index (χ1n) is 7.42. The van der Waals surface area contributed by atoms with E-state index in [1.54, 1.807) is 4.90 Å². The standard InChI is InChI=1S/C17H20N2O/c1-19(16(20)17(12-18)8-3-9-17)11-13-6-7-14-4-2-5-15(14)10-13/h6-7,10H,2-5,8-9,11H2,1H3. The van der Waals surface area contributed by atoms with Crippen LogP contribution >= 0.6 is 0 Å². The Labute approximate surface area is 120 Å². The second kappa shape index (κ2) is 4.94. The van der Waals surface area contributed by atoms with E-state index in [0.717, 1.165) is 25.7 Å². The van der Waals surface area contributed by atoms with Gasteiger partial charge in [-0.2, -0.15) is 5.26 Å². The van der Waals surface area contributed by atoms with E-state index in [2.05, 4.69) is 24.3 Å². The highest BCUT2D eigenvalue weighted by Crippen LogP contribution is 2.41. The second-order valence-corrected chi connectivity index (χ2v) is 6.17. The molecule has 20 heavy (non-hydrogen) atoms. The van der Waals surface area contributed by atoms with Gasteiger partial charge in [0, 0.05) is 13.6 Å². The highest BCUT2D eigenvalue weighted by atomic mass is 16.2. The van der Waals surface area contributed by atoms with E-state index < -0.39 is 5.41 Å². The Balaban J connectivity index is 1.71. The smallest absolute Gasteiger partial charge is 0.243 e. The highest BCUT2D eigenvalue weighted by Gasteiger charge is 2.46. The molecule has 2 aliphatic carbocycles. The molecule has 0 aliphatic heterocycles. The van der Waals surface area contributed by atoms with Gasteiger partial charge >= 0.3 is 0 Å². The number of benzene rings is 1. The number of rotatable bonds is 3. The molecule has 0 spiro atoms. The fraction of sp³-hybridized carbons (Fsp3) is 0.529. The molecule has 1 saturated carbocycles. The lowest BCUT2D eigenvalue weighted by Crippen LogP contribution is -2.45. The van der Waals surface area contributed by atoms with Gasteiger partial charge in [0.25, 0.3) is 0 Å². The third kappa shape index (κ3) is 2.10. The highest BCUT2D eigenvalue weighted by molar-refractivity contribution is 5.86. The van der Waals surface area contributed by atoms with Gasteiger partial charge < -0.3 is 4.90 Å². The molecule has 3 rings (SSSR count). The van der Waals surface area contributed by atoms with Gasteiger partial charge in [0.1, 0.15) is 5.41 Å². The molecule has 2 aliphatic rings. The second-order valence-electron chi connectivity index (χ2n) is 6.17. The number of hydrogen-bond acceptors (Lipinski definition) is 2. The first-order valence-corrected chi connectivity index (χ1v) is 7.42. The maximum atomic E-state index is 12.4. The summed E-state index contributed by atoms with van der Waals surface area (Å²) in [6.45, 7) is 0.607. The molecule has 0 radical (unpaired) electrons. The Bertz CT molecular complexity index is 581. The number of nitriles is 1. The molecule has 3 nitrogen and oxygen atoms in total. The van der Waals surface area contributed by atoms with E-state index in [4.69, 9.17) is 0 Å². The van der Waals surface area contributed by atoms with Gasteiger partial charge in [0.05, 0.1) is 6.07 Å². The van der Waals surface area contributed by atoms with Crippen molar-refractivity contribution in [2.45, 2.75) is 45.1 Å². The fourth-order valence-corrected chi connectivity index (χ4v) is 3.34. The molecule has 104 valence electrons. The Morgan fingerprint density at radius 2 is 2.05 bits per heavy atom. The van der Waals surface area contributed by atoms with Gasteiger partial charge in [-0.1, -0.05) is 18.2 Å². The van der Waals surface area contributed by atoms with Crippen molar-refractivity contribution in [3.8, 4) is 6.07 Å². The molecule has 1 fully saturated rings. The van der Waals surface area contributed by atoms with Gasteiger partial charge in [-0.05, 0) is 55.2 Å². The van der Waals surface area contributed by atoms with E-state index in [9.17, 15) is 10.1 Å². The first-order chi connectivity index (χ1) is 9.64. The summed E-state index contributed by atoms with van der Waals surface area (Å²) >= 11 is 0. The molecule has 0 bridgehead atoms. The van der Waals surface area contributed by atoms with Crippen LogP contribution in [0, 0.1) is 16.7 Å². The normalized spacial score (nSPS) is 18.8. The first kappa shape index (κ1) is 13.2. The van der Waals surface area contributed by atoms with Crippen LogP contribution < -0.4 is 0 Å². The van der Waals surface area contributed by atoms with Crippen LogP contribution in [0.3, 0.4) is 0 Å². The molecule has 0 aromatic heterocycles. The molecule has 1 amide bonds. The average Bonchev–Trinajstić information content (AvgIpc) is 2.85. The minimum atomic E-state index is -0.731. The summed E-state index contributed by atoms with van der Waals surface area (Å²) in [5.41, 5.74) is 3.33. The van der Waals surface area contributed by atoms with Crippen LogP contribution in [0.5, 0.6) is 0 Å². The SMILES string of the molecule is CN(Cc1ccc2c(c1)CCC2)C(=O)C1(C#N)CCC1. The van der Waals surface area contributed by atoms with E-state index >= 15 is 0 Å². The van der Waals surface area contributed by atoms with Crippen molar-refractivity contribution in [3.63, 3.8) is 0 Å². The van der Waals surface area contributed by atoms with Crippen LogP contribution in [-0.2, 0) is 24.2 Å². The lowest BCUT2D eigenvalue weighted by atomic mass is 9.69. The van der Waals surface area contributed by atoms with E-state index in [1.807, 2.05) is 7.05 Å². The predicted molar refractivity (Wildman–Crippen MR) is 76.8 cm³/mol. The maximum absolute atomic E-state index is 12.4. The molecule has 0 N–H and O–H groups in total. The van der Waals surface area contributed by atoms with Crippen molar-refractivity contribution in [3.05, 3.63) is 34.9 Å². The maximum Gasteiger partial charge on any atom is 0.243 e. The van der Waals surface area contributed by atoms with Crippen LogP contribution in [0.2, 0.25) is 0 Å². The lowest BCUT2D eigenvalue weighted by Gasteiger charge is -2.36. The van der Waals surface area contributed by atoms with Crippen LogP contribution in [0.25, 0.3) is 0 Å². The summed E-state index contributed by atoms with van der Waals surface area (Å²) < 4.78 is 0. The van der Waals surface area contributed by atoms with Crippen molar-refractivity contribution in [1.82, 2.24) is 4.90 Å². The lowest BCUT2D eigenvalue weighted by molar-refractivity contribution is -0.142. The summed E-state index contributed by atoms with van der Waals surface area (Å²) in [5.74, 6) is -0.00764. The van der Waals surface area contributed by atoms with Gasteiger partial charge in [-0.25, -0.2) is 0 Å². The summed E-state index contributed by atoms with van der Waals surface area (Å²) in [6, 6.07) is 8.77. The van der Waals surface area contributed by atoms with Gasteiger partial charge in [-0.15, -0.1) is 0 Å². The topological polar surface area (TPSA) is 44.1 Å². The zero-order chi connectivity index (χ0) is 14.2. The van der Waals surface area contributed by atoms with E-state index in [-0.39, 0.29) is 5.91 Å². The van der Waals surface area contributed by atoms with Gasteiger partial charge in [0.15, 0.2) is 0 Å². The molecule has 0 saturated heterocycles. The minimum absolute atomic E-state index is 0.00764. The summed E-state index contributed by atoms with van der Waals surface area (Å²) in [5, 5.41) is 9.25. The zero-order valence-corrected chi connectivity index (χ0v) is 12.0. The number of hydrogen-bond donors (Lipinski definition) is 0. The largest absolute Gasteiger partial charge is 0.340 e. The minimum Gasteiger partial charge on any atom is -0.340 e. The molecule has 1 aromatic rings. The predicted octanol–water partition coefficient (Wildman–Crippen LogP) is 2.83. The number of fused-ring (bicyclic) bond motifs is 1. The number of amides is 1. The van der Waals surface area contributed by atoms with E-state index in [1.165, 1.54) is 29.5 Å². The molecule has 1 aromatic carbocycles. The van der Waals surface area contributed by atoms with Crippen molar-refractivity contribution >= 4 is 5.91 Å². The Kier molecular flexibility index (Phi) is 3.25. The fourth-order valence-electron chi connectivity index (χ4n) is 3.34. The molecule has 0 unspecified atom stereocenters. The summed E-state index contributed by atoms with van der Waals surface area (Å²) in [6.07, 6.45) is 6.01. The number of carbonyl (C=O) groups is 1. The Hall–Kier alpha value is -1.82. The van der Waals surface area contributed by atoms with Gasteiger partial charge in [-0.3, -0.25) is 4.79 Å². The van der Waals surface area contributed by atoms with E-state index in [0.29, 0.717) is 6.54 Å². The third-order valence-corrected chi connectivity index (χ3v) is 4.76. The van der Waals surface area contributed by atoms with Crippen molar-refractivity contribution in [2.75, 3.05) is 7.05 Å². The molecular weight excluding hydrogens is 248 g/mol. The van der Waals surface area contributed by atoms with Crippen LogP contribution in [-0.4, -0.2) is 17.9 Å². The molecule has 0 heterocycles. The monoisotopic (exact) mass is 268 g/mol. The van der Waals surface area contributed by atoms with Crippen LogP contribution in [0.1, 0.15) is 42.4 Å². The Morgan fingerprint density at radius 3 is 2.70 bits per heavy atom. The molecule has 3 heteroatoms.